The summed E-state index contributed by atoms with van der Waals surface area (Å²) in [7, 11) is 1.71. The van der Waals surface area contributed by atoms with Gasteiger partial charge in [0, 0.05) is 38.5 Å². The van der Waals surface area contributed by atoms with E-state index in [0.29, 0.717) is 13.2 Å². The first-order chi connectivity index (χ1) is 13.2. The molecule has 0 N–H and O–H groups in total. The zero-order valence-electron chi connectivity index (χ0n) is 16.5. The van der Waals surface area contributed by atoms with Crippen LogP contribution in [0.25, 0.3) is 0 Å². The largest absolute Gasteiger partial charge is 0.380 e. The Kier molecular flexibility index (Phi) is 6.58. The molecule has 146 valence electrons. The molecule has 1 spiro atoms. The van der Waals surface area contributed by atoms with E-state index in [1.807, 2.05) is 13.8 Å². The number of pyridine rings is 1. The van der Waals surface area contributed by atoms with Crippen molar-refractivity contribution in [2.24, 2.45) is 0 Å². The zero-order valence-corrected chi connectivity index (χ0v) is 16.5. The predicted octanol–water partition coefficient (Wildman–Crippen LogP) is 4.41. The van der Waals surface area contributed by atoms with Crippen LogP contribution in [0.5, 0.6) is 0 Å². The van der Waals surface area contributed by atoms with Gasteiger partial charge in [0.25, 0.3) is 0 Å². The maximum absolute atomic E-state index is 13.3. The van der Waals surface area contributed by atoms with Crippen LogP contribution in [-0.4, -0.2) is 30.1 Å². The number of fused-ring (bicyclic) bond motifs is 2. The van der Waals surface area contributed by atoms with Gasteiger partial charge in [0.2, 0.25) is 5.95 Å². The summed E-state index contributed by atoms with van der Waals surface area (Å²) < 4.78 is 24.6. The van der Waals surface area contributed by atoms with E-state index in [0.717, 1.165) is 43.6 Å². The normalized spacial score (nSPS) is 18.1. The molecule has 0 saturated carbocycles. The summed E-state index contributed by atoms with van der Waals surface area (Å²) in [4.78, 5) is 6.29. The molecule has 0 amide bonds. The van der Waals surface area contributed by atoms with Crippen LogP contribution in [0.1, 0.15) is 48.9 Å². The third kappa shape index (κ3) is 4.37. The molecule has 0 atom stereocenters. The Labute approximate surface area is 161 Å². The smallest absolute Gasteiger partial charge is 0.213 e. The first-order valence-electron chi connectivity index (χ1n) is 9.76. The van der Waals surface area contributed by atoms with E-state index in [-0.39, 0.29) is 5.60 Å². The molecule has 2 aromatic rings. The van der Waals surface area contributed by atoms with Gasteiger partial charge in [0.15, 0.2) is 0 Å². The summed E-state index contributed by atoms with van der Waals surface area (Å²) in [5, 5.41) is 0. The molecule has 2 aliphatic heterocycles. The lowest BCUT2D eigenvalue weighted by atomic mass is 9.84. The van der Waals surface area contributed by atoms with E-state index in [1.54, 1.807) is 13.3 Å². The standard InChI is InChI=1S/C20H23FN2O2.C2H6/c1-24-13-16-4-2-15(3-5-16)12-23-8-6-20(7-9-23)18-11-22-19(21)10-17(18)14-25-20;1-2/h2-5,10-11H,6-9,12-14H2,1H3;1-2H3. The minimum absolute atomic E-state index is 0.269. The van der Waals surface area contributed by atoms with Crippen molar-refractivity contribution < 1.29 is 13.9 Å². The fourth-order valence-corrected chi connectivity index (χ4v) is 3.94. The molecule has 0 aliphatic carbocycles. The minimum Gasteiger partial charge on any atom is -0.380 e. The van der Waals surface area contributed by atoms with Crippen molar-refractivity contribution in [1.29, 1.82) is 0 Å². The third-order valence-electron chi connectivity index (χ3n) is 5.35. The summed E-state index contributed by atoms with van der Waals surface area (Å²) in [6.45, 7) is 8.03. The molecule has 2 aliphatic rings. The number of methoxy groups -OCH3 is 1. The van der Waals surface area contributed by atoms with Crippen LogP contribution < -0.4 is 0 Å². The van der Waals surface area contributed by atoms with Crippen molar-refractivity contribution in [2.75, 3.05) is 20.2 Å². The van der Waals surface area contributed by atoms with Crippen molar-refractivity contribution in [3.63, 3.8) is 0 Å². The Morgan fingerprint density at radius 1 is 1.15 bits per heavy atom. The molecule has 0 radical (unpaired) electrons. The third-order valence-corrected chi connectivity index (χ3v) is 5.35. The molecular weight excluding hydrogens is 343 g/mol. The van der Waals surface area contributed by atoms with Crippen molar-refractivity contribution in [2.45, 2.75) is 52.0 Å². The SMILES string of the molecule is CC.COCc1ccc(CN2CCC3(CC2)OCc2cc(F)ncc23)cc1. The van der Waals surface area contributed by atoms with Gasteiger partial charge in [-0.1, -0.05) is 38.1 Å². The Morgan fingerprint density at radius 2 is 1.81 bits per heavy atom. The molecule has 0 unspecified atom stereocenters. The van der Waals surface area contributed by atoms with E-state index < -0.39 is 5.95 Å². The highest BCUT2D eigenvalue weighted by Crippen LogP contribution is 2.44. The summed E-state index contributed by atoms with van der Waals surface area (Å²) >= 11 is 0. The first kappa shape index (κ1) is 19.9. The second kappa shape index (κ2) is 8.91. The second-order valence-electron chi connectivity index (χ2n) is 6.97. The van der Waals surface area contributed by atoms with Crippen LogP contribution in [0.3, 0.4) is 0 Å². The molecule has 5 heteroatoms. The van der Waals surface area contributed by atoms with E-state index in [1.165, 1.54) is 17.2 Å². The number of benzene rings is 1. The van der Waals surface area contributed by atoms with Gasteiger partial charge in [0.05, 0.1) is 18.8 Å². The monoisotopic (exact) mass is 372 g/mol. The average molecular weight is 372 g/mol. The van der Waals surface area contributed by atoms with Gasteiger partial charge in [-0.05, 0) is 35.6 Å². The van der Waals surface area contributed by atoms with Crippen LogP contribution in [0.4, 0.5) is 4.39 Å². The molecule has 1 aromatic heterocycles. The van der Waals surface area contributed by atoms with Crippen LogP contribution >= 0.6 is 0 Å². The molecule has 1 saturated heterocycles. The topological polar surface area (TPSA) is 34.6 Å². The van der Waals surface area contributed by atoms with Gasteiger partial charge < -0.3 is 9.47 Å². The van der Waals surface area contributed by atoms with Crippen LogP contribution in [0, 0.1) is 5.95 Å². The summed E-state index contributed by atoms with van der Waals surface area (Å²) in [5.74, 6) is -0.422. The van der Waals surface area contributed by atoms with Gasteiger partial charge in [0.1, 0.15) is 0 Å². The number of likely N-dealkylation sites (tertiary alicyclic amines) is 1. The number of halogens is 1. The number of hydrogen-bond donors (Lipinski definition) is 0. The summed E-state index contributed by atoms with van der Waals surface area (Å²) in [5.41, 5.74) is 4.27. The Bertz CT molecular complexity index is 740. The van der Waals surface area contributed by atoms with Crippen molar-refractivity contribution >= 4 is 0 Å². The quantitative estimate of drug-likeness (QED) is 0.745. The predicted molar refractivity (Wildman–Crippen MR) is 104 cm³/mol. The van der Waals surface area contributed by atoms with E-state index in [4.69, 9.17) is 9.47 Å². The lowest BCUT2D eigenvalue weighted by Gasteiger charge is -2.39. The minimum atomic E-state index is -0.422. The number of rotatable bonds is 4. The van der Waals surface area contributed by atoms with E-state index in [9.17, 15) is 4.39 Å². The highest BCUT2D eigenvalue weighted by molar-refractivity contribution is 5.33. The number of piperidine rings is 1. The van der Waals surface area contributed by atoms with E-state index >= 15 is 0 Å². The van der Waals surface area contributed by atoms with Gasteiger partial charge in [-0.15, -0.1) is 0 Å². The molecule has 3 heterocycles. The van der Waals surface area contributed by atoms with Crippen molar-refractivity contribution in [3.05, 3.63) is 64.7 Å². The van der Waals surface area contributed by atoms with Gasteiger partial charge in [-0.2, -0.15) is 4.39 Å². The first-order valence-corrected chi connectivity index (χ1v) is 9.76. The van der Waals surface area contributed by atoms with Crippen molar-refractivity contribution in [1.82, 2.24) is 9.88 Å². The number of aromatic nitrogens is 1. The fourth-order valence-electron chi connectivity index (χ4n) is 3.94. The average Bonchev–Trinajstić information content (AvgIpc) is 3.04. The molecular formula is C22H29FN2O2. The maximum Gasteiger partial charge on any atom is 0.213 e. The molecule has 27 heavy (non-hydrogen) atoms. The number of ether oxygens (including phenoxy) is 2. The van der Waals surface area contributed by atoms with Crippen LogP contribution in [0.15, 0.2) is 36.5 Å². The van der Waals surface area contributed by atoms with Gasteiger partial charge in [-0.25, -0.2) is 4.98 Å². The van der Waals surface area contributed by atoms with Gasteiger partial charge >= 0.3 is 0 Å². The van der Waals surface area contributed by atoms with Crippen LogP contribution in [0.2, 0.25) is 0 Å². The Balaban J connectivity index is 0.00000102. The number of hydrogen-bond acceptors (Lipinski definition) is 4. The molecule has 4 rings (SSSR count). The Morgan fingerprint density at radius 3 is 2.48 bits per heavy atom. The van der Waals surface area contributed by atoms with Crippen molar-refractivity contribution in [3.8, 4) is 0 Å². The maximum atomic E-state index is 13.3. The molecule has 1 aromatic carbocycles. The van der Waals surface area contributed by atoms with Gasteiger partial charge in [-0.3, -0.25) is 4.90 Å². The van der Waals surface area contributed by atoms with E-state index in [2.05, 4.69) is 34.1 Å². The second-order valence-corrected chi connectivity index (χ2v) is 6.97. The number of nitrogens with zero attached hydrogens (tertiary/aromatic N) is 2. The summed E-state index contributed by atoms with van der Waals surface area (Å²) in [6.07, 6.45) is 3.52. The summed E-state index contributed by atoms with van der Waals surface area (Å²) in [6, 6.07) is 10.1. The van der Waals surface area contributed by atoms with Crippen LogP contribution in [-0.2, 0) is 34.8 Å². The lowest BCUT2D eigenvalue weighted by molar-refractivity contribution is -0.0800. The Hall–Kier alpha value is -1.82. The molecule has 1 fully saturated rings. The zero-order chi connectivity index (χ0) is 19.3. The highest BCUT2D eigenvalue weighted by atomic mass is 19.1. The molecule has 0 bridgehead atoms. The fraction of sp³-hybridized carbons (Fsp3) is 0.500. The highest BCUT2D eigenvalue weighted by Gasteiger charge is 2.43. The lowest BCUT2D eigenvalue weighted by Crippen LogP contribution is -2.42. The molecule has 4 nitrogen and oxygen atoms in total.